The van der Waals surface area contributed by atoms with E-state index in [-0.39, 0.29) is 0 Å². The number of hydrogen-bond acceptors (Lipinski definition) is 3. The third kappa shape index (κ3) is 3.62. The molecule has 2 rings (SSSR count). The minimum absolute atomic E-state index is 0.496. The minimum Gasteiger partial charge on any atom is -0.385 e. The van der Waals surface area contributed by atoms with Gasteiger partial charge in [-0.3, -0.25) is 0 Å². The first-order chi connectivity index (χ1) is 9.22. The lowest BCUT2D eigenvalue weighted by Gasteiger charge is -2.11. The first-order valence-corrected chi connectivity index (χ1v) is 6.69. The molecule has 102 valence electrons. The summed E-state index contributed by atoms with van der Waals surface area (Å²) in [5, 5.41) is 4.20. The first-order valence-electron chi connectivity index (χ1n) is 5.93. The van der Waals surface area contributed by atoms with E-state index in [2.05, 4.69) is 10.3 Å². The van der Waals surface area contributed by atoms with Gasteiger partial charge in [0.05, 0.1) is 15.7 Å². The van der Waals surface area contributed by atoms with Gasteiger partial charge in [-0.2, -0.15) is 0 Å². The second kappa shape index (κ2) is 6.80. The molecule has 0 bridgehead atoms. The van der Waals surface area contributed by atoms with Gasteiger partial charge in [0.15, 0.2) is 0 Å². The van der Waals surface area contributed by atoms with E-state index in [1.54, 1.807) is 19.4 Å². The van der Waals surface area contributed by atoms with Crippen LogP contribution in [-0.4, -0.2) is 23.3 Å². The maximum absolute atomic E-state index is 6.14. The number of rotatable bonds is 6. The van der Waals surface area contributed by atoms with E-state index < -0.39 is 0 Å². The Balaban J connectivity index is 2.11. The fourth-order valence-electron chi connectivity index (χ4n) is 1.71. The van der Waals surface area contributed by atoms with Gasteiger partial charge in [-0.25, -0.2) is 4.98 Å². The molecule has 0 aliphatic carbocycles. The molecular weight excluding hydrogens is 285 g/mol. The summed E-state index contributed by atoms with van der Waals surface area (Å²) >= 11 is 12.1. The predicted molar refractivity (Wildman–Crippen MR) is 78.5 cm³/mol. The Morgan fingerprint density at radius 1 is 1.37 bits per heavy atom. The van der Waals surface area contributed by atoms with E-state index in [0.717, 1.165) is 31.2 Å². The standard InChI is InChI=1S/C13H15Cl2N3O/c1-19-9-3-7-18-8-6-16-13(18)17-11-5-2-4-10(14)12(11)15/h2,4-6,8H,3,7,9H2,1H3,(H,16,17). The number of methoxy groups -OCH3 is 1. The van der Waals surface area contributed by atoms with Crippen molar-refractivity contribution in [1.29, 1.82) is 0 Å². The highest BCUT2D eigenvalue weighted by molar-refractivity contribution is 6.43. The highest BCUT2D eigenvalue weighted by atomic mass is 35.5. The van der Waals surface area contributed by atoms with Crippen molar-refractivity contribution in [2.75, 3.05) is 19.0 Å². The summed E-state index contributed by atoms with van der Waals surface area (Å²) in [7, 11) is 1.69. The second-order valence-electron chi connectivity index (χ2n) is 4.02. The van der Waals surface area contributed by atoms with Crippen LogP contribution in [0.15, 0.2) is 30.6 Å². The second-order valence-corrected chi connectivity index (χ2v) is 4.80. The maximum atomic E-state index is 6.14. The van der Waals surface area contributed by atoms with Crippen LogP contribution in [0.4, 0.5) is 11.6 Å². The van der Waals surface area contributed by atoms with Crippen LogP contribution in [0.2, 0.25) is 10.0 Å². The molecule has 0 fully saturated rings. The number of aryl methyl sites for hydroxylation is 1. The molecule has 0 amide bonds. The van der Waals surface area contributed by atoms with Crippen molar-refractivity contribution < 1.29 is 4.74 Å². The number of aromatic nitrogens is 2. The van der Waals surface area contributed by atoms with Crippen molar-refractivity contribution >= 4 is 34.8 Å². The lowest BCUT2D eigenvalue weighted by atomic mass is 10.3. The number of ether oxygens (including phenoxy) is 1. The number of imidazole rings is 1. The predicted octanol–water partition coefficient (Wildman–Crippen LogP) is 3.97. The van der Waals surface area contributed by atoms with Crippen molar-refractivity contribution in [3.05, 3.63) is 40.6 Å². The Kier molecular flexibility index (Phi) is 5.07. The van der Waals surface area contributed by atoms with E-state index in [0.29, 0.717) is 10.0 Å². The third-order valence-electron chi connectivity index (χ3n) is 2.66. The monoisotopic (exact) mass is 299 g/mol. The van der Waals surface area contributed by atoms with Crippen molar-refractivity contribution in [3.8, 4) is 0 Å². The highest BCUT2D eigenvalue weighted by Crippen LogP contribution is 2.31. The molecule has 1 heterocycles. The van der Waals surface area contributed by atoms with Gasteiger partial charge in [-0.15, -0.1) is 0 Å². The molecular formula is C13H15Cl2N3O. The van der Waals surface area contributed by atoms with Gasteiger partial charge in [-0.1, -0.05) is 29.3 Å². The summed E-state index contributed by atoms with van der Waals surface area (Å²) in [6.45, 7) is 1.55. The number of anilines is 2. The van der Waals surface area contributed by atoms with Crippen LogP contribution in [-0.2, 0) is 11.3 Å². The SMILES string of the molecule is COCCCn1ccnc1Nc1cccc(Cl)c1Cl. The molecule has 0 spiro atoms. The van der Waals surface area contributed by atoms with Gasteiger partial charge in [0.1, 0.15) is 0 Å². The Morgan fingerprint density at radius 2 is 2.21 bits per heavy atom. The molecule has 6 heteroatoms. The molecule has 4 nitrogen and oxygen atoms in total. The largest absolute Gasteiger partial charge is 0.385 e. The molecule has 0 aliphatic heterocycles. The highest BCUT2D eigenvalue weighted by Gasteiger charge is 2.07. The molecule has 0 atom stereocenters. The van der Waals surface area contributed by atoms with E-state index >= 15 is 0 Å². The Bertz CT molecular complexity index is 542. The van der Waals surface area contributed by atoms with E-state index in [1.165, 1.54) is 0 Å². The Morgan fingerprint density at radius 3 is 3.00 bits per heavy atom. The minimum atomic E-state index is 0.496. The van der Waals surface area contributed by atoms with E-state index in [9.17, 15) is 0 Å². The average molecular weight is 300 g/mol. The number of halogens is 2. The molecule has 0 aliphatic rings. The Hall–Kier alpha value is -1.23. The molecule has 2 aromatic rings. The fourth-order valence-corrected chi connectivity index (χ4v) is 2.06. The van der Waals surface area contributed by atoms with Gasteiger partial charge in [0.2, 0.25) is 5.95 Å². The van der Waals surface area contributed by atoms with Crippen LogP contribution in [0.5, 0.6) is 0 Å². The van der Waals surface area contributed by atoms with Crippen LogP contribution in [0.25, 0.3) is 0 Å². The summed E-state index contributed by atoms with van der Waals surface area (Å²) in [4.78, 5) is 4.27. The van der Waals surface area contributed by atoms with Crippen molar-refractivity contribution in [3.63, 3.8) is 0 Å². The van der Waals surface area contributed by atoms with E-state index in [4.69, 9.17) is 27.9 Å². The molecule has 1 aromatic heterocycles. The summed E-state index contributed by atoms with van der Waals surface area (Å²) in [5.74, 6) is 0.736. The number of nitrogens with zero attached hydrogens (tertiary/aromatic N) is 2. The summed E-state index contributed by atoms with van der Waals surface area (Å²) in [6, 6.07) is 5.46. The lowest BCUT2D eigenvalue weighted by Crippen LogP contribution is -2.05. The zero-order valence-corrected chi connectivity index (χ0v) is 12.1. The van der Waals surface area contributed by atoms with Crippen molar-refractivity contribution in [1.82, 2.24) is 9.55 Å². The summed E-state index contributed by atoms with van der Waals surface area (Å²) in [6.07, 6.45) is 4.58. The molecule has 0 saturated carbocycles. The third-order valence-corrected chi connectivity index (χ3v) is 3.48. The molecule has 1 aromatic carbocycles. The smallest absolute Gasteiger partial charge is 0.207 e. The van der Waals surface area contributed by atoms with Gasteiger partial charge in [-0.05, 0) is 18.6 Å². The molecule has 0 unspecified atom stereocenters. The topological polar surface area (TPSA) is 39.1 Å². The van der Waals surface area contributed by atoms with Gasteiger partial charge < -0.3 is 14.6 Å². The van der Waals surface area contributed by atoms with Crippen LogP contribution < -0.4 is 5.32 Å². The molecule has 0 saturated heterocycles. The zero-order chi connectivity index (χ0) is 13.7. The van der Waals surface area contributed by atoms with Crippen LogP contribution in [0, 0.1) is 0 Å². The van der Waals surface area contributed by atoms with Crippen LogP contribution in [0.1, 0.15) is 6.42 Å². The van der Waals surface area contributed by atoms with Crippen molar-refractivity contribution in [2.45, 2.75) is 13.0 Å². The fraction of sp³-hybridized carbons (Fsp3) is 0.308. The number of benzene rings is 1. The van der Waals surface area contributed by atoms with Crippen LogP contribution in [0.3, 0.4) is 0 Å². The molecule has 19 heavy (non-hydrogen) atoms. The summed E-state index contributed by atoms with van der Waals surface area (Å²) < 4.78 is 7.05. The lowest BCUT2D eigenvalue weighted by molar-refractivity contribution is 0.190. The zero-order valence-electron chi connectivity index (χ0n) is 10.6. The Labute approximate surface area is 122 Å². The van der Waals surface area contributed by atoms with E-state index in [1.807, 2.05) is 22.9 Å². The van der Waals surface area contributed by atoms with Gasteiger partial charge in [0.25, 0.3) is 0 Å². The number of hydrogen-bond donors (Lipinski definition) is 1. The normalized spacial score (nSPS) is 10.7. The quantitative estimate of drug-likeness (QED) is 0.820. The van der Waals surface area contributed by atoms with Crippen LogP contribution >= 0.6 is 23.2 Å². The summed E-state index contributed by atoms with van der Waals surface area (Å²) in [5.41, 5.74) is 0.744. The molecule has 0 radical (unpaired) electrons. The number of nitrogens with one attached hydrogen (secondary N) is 1. The maximum Gasteiger partial charge on any atom is 0.207 e. The average Bonchev–Trinajstić information content (AvgIpc) is 2.83. The molecule has 1 N–H and O–H groups in total. The van der Waals surface area contributed by atoms with Crippen molar-refractivity contribution in [2.24, 2.45) is 0 Å². The first kappa shape index (κ1) is 14.2. The van der Waals surface area contributed by atoms with Gasteiger partial charge in [0, 0.05) is 32.7 Å². The van der Waals surface area contributed by atoms with Gasteiger partial charge >= 0.3 is 0 Å².